The van der Waals surface area contributed by atoms with Gasteiger partial charge in [0, 0.05) is 24.8 Å². The number of likely N-dealkylation sites (N-methyl/N-ethyl adjacent to an activating group) is 1. The average molecular weight is 450 g/mol. The number of Topliss-reactive ketones (excluding diaryl/α,β-unsaturated/α-hetero) is 1. The maximum absolute atomic E-state index is 13.2. The number of benzene rings is 1. The number of carbonyl (C=O) groups is 2. The molecule has 0 saturated carbocycles. The number of aliphatic hydroxyl groups is 1. The smallest absolute Gasteiger partial charge is 0.295 e. The van der Waals surface area contributed by atoms with E-state index >= 15 is 0 Å². The number of aryl methyl sites for hydroxylation is 1. The molecule has 33 heavy (non-hydrogen) atoms. The van der Waals surface area contributed by atoms with Crippen LogP contribution in [0.3, 0.4) is 0 Å². The van der Waals surface area contributed by atoms with Gasteiger partial charge in [-0.15, -0.1) is 0 Å². The average Bonchev–Trinajstić information content (AvgIpc) is 3.04. The molecule has 0 bridgehead atoms. The highest BCUT2D eigenvalue weighted by Gasteiger charge is 2.46. The van der Waals surface area contributed by atoms with Crippen LogP contribution in [0, 0.1) is 6.92 Å². The molecular formula is C27H35N3O3. The first-order valence-electron chi connectivity index (χ1n) is 11.6. The van der Waals surface area contributed by atoms with Gasteiger partial charge in [0.05, 0.1) is 11.3 Å². The minimum Gasteiger partial charge on any atom is -0.507 e. The molecule has 1 unspecified atom stereocenters. The minimum atomic E-state index is -0.723. The van der Waals surface area contributed by atoms with Crippen LogP contribution < -0.4 is 0 Å². The molecule has 6 nitrogen and oxygen atoms in total. The van der Waals surface area contributed by atoms with Crippen molar-refractivity contribution in [2.75, 3.05) is 26.2 Å². The Hall–Kier alpha value is -2.99. The summed E-state index contributed by atoms with van der Waals surface area (Å²) in [6.07, 6.45) is 1.64. The van der Waals surface area contributed by atoms with Crippen LogP contribution in [0.15, 0.2) is 48.2 Å². The van der Waals surface area contributed by atoms with Gasteiger partial charge in [0.25, 0.3) is 11.7 Å². The van der Waals surface area contributed by atoms with Crippen molar-refractivity contribution in [1.29, 1.82) is 0 Å². The van der Waals surface area contributed by atoms with Crippen molar-refractivity contribution in [2.45, 2.75) is 53.0 Å². The number of hydrogen-bond acceptors (Lipinski definition) is 5. The number of aromatic nitrogens is 1. The third-order valence-electron chi connectivity index (χ3n) is 6.42. The third kappa shape index (κ3) is 5.01. The fourth-order valence-corrected chi connectivity index (χ4v) is 4.23. The molecule has 2 heterocycles. The number of nitrogens with zero attached hydrogens (tertiary/aromatic N) is 3. The van der Waals surface area contributed by atoms with Crippen LogP contribution in [-0.2, 0) is 15.0 Å². The molecule has 1 fully saturated rings. The lowest BCUT2D eigenvalue weighted by Crippen LogP contribution is -2.38. The molecule has 1 aromatic carbocycles. The second-order valence-corrected chi connectivity index (χ2v) is 9.55. The molecule has 6 heteroatoms. The molecule has 2 aromatic rings. The molecule has 176 valence electrons. The van der Waals surface area contributed by atoms with Crippen molar-refractivity contribution in [1.82, 2.24) is 14.8 Å². The Kier molecular flexibility index (Phi) is 7.38. The van der Waals surface area contributed by atoms with Crippen molar-refractivity contribution in [3.63, 3.8) is 0 Å². The van der Waals surface area contributed by atoms with E-state index in [1.807, 2.05) is 31.2 Å². The topological polar surface area (TPSA) is 73.7 Å². The summed E-state index contributed by atoms with van der Waals surface area (Å²) >= 11 is 0. The van der Waals surface area contributed by atoms with Gasteiger partial charge in [-0.05, 0) is 54.8 Å². The number of amides is 1. The Bertz CT molecular complexity index is 1050. The van der Waals surface area contributed by atoms with Crippen LogP contribution >= 0.6 is 0 Å². The Morgan fingerprint density at radius 2 is 1.82 bits per heavy atom. The highest BCUT2D eigenvalue weighted by Crippen LogP contribution is 2.39. The van der Waals surface area contributed by atoms with Crippen molar-refractivity contribution in [3.05, 3.63) is 70.6 Å². The van der Waals surface area contributed by atoms with Crippen molar-refractivity contribution < 1.29 is 14.7 Å². The van der Waals surface area contributed by atoms with Crippen LogP contribution in [0.4, 0.5) is 0 Å². The lowest BCUT2D eigenvalue weighted by atomic mass is 9.84. The van der Waals surface area contributed by atoms with E-state index in [1.165, 1.54) is 0 Å². The predicted molar refractivity (Wildman–Crippen MR) is 131 cm³/mol. The first-order valence-corrected chi connectivity index (χ1v) is 11.6. The molecule has 0 radical (unpaired) electrons. The lowest BCUT2D eigenvalue weighted by molar-refractivity contribution is -0.140. The summed E-state index contributed by atoms with van der Waals surface area (Å²) in [5, 5.41) is 11.4. The number of pyridine rings is 1. The summed E-state index contributed by atoms with van der Waals surface area (Å²) in [7, 11) is 0. The van der Waals surface area contributed by atoms with E-state index in [-0.39, 0.29) is 16.7 Å². The fraction of sp³-hybridized carbons (Fsp3) is 0.444. The van der Waals surface area contributed by atoms with Gasteiger partial charge in [-0.3, -0.25) is 14.6 Å². The molecule has 1 aliphatic rings. The molecule has 0 spiro atoms. The molecule has 0 aliphatic carbocycles. The third-order valence-corrected chi connectivity index (χ3v) is 6.42. The summed E-state index contributed by atoms with van der Waals surface area (Å²) in [6.45, 7) is 15.1. The van der Waals surface area contributed by atoms with E-state index in [0.717, 1.165) is 24.2 Å². The van der Waals surface area contributed by atoms with Crippen LogP contribution in [0.2, 0.25) is 0 Å². The largest absolute Gasteiger partial charge is 0.507 e. The molecule has 1 amide bonds. The Labute approximate surface area is 196 Å². The monoisotopic (exact) mass is 449 g/mol. The van der Waals surface area contributed by atoms with Gasteiger partial charge in [0.15, 0.2) is 0 Å². The molecule has 3 rings (SSSR count). The normalized spacial score (nSPS) is 18.4. The van der Waals surface area contributed by atoms with Crippen LogP contribution in [-0.4, -0.2) is 57.8 Å². The number of carbonyl (C=O) groups excluding carboxylic acids is 2. The van der Waals surface area contributed by atoms with Gasteiger partial charge in [-0.1, -0.05) is 52.8 Å². The summed E-state index contributed by atoms with van der Waals surface area (Å²) in [5.41, 5.74) is 3.01. The Balaban J connectivity index is 2.15. The summed E-state index contributed by atoms with van der Waals surface area (Å²) in [5.74, 6) is -1.40. The van der Waals surface area contributed by atoms with E-state index in [9.17, 15) is 14.7 Å². The van der Waals surface area contributed by atoms with E-state index < -0.39 is 17.7 Å². The lowest BCUT2D eigenvalue weighted by Gasteiger charge is -2.27. The first kappa shape index (κ1) is 24.6. The minimum absolute atomic E-state index is 0.104. The van der Waals surface area contributed by atoms with Gasteiger partial charge in [0.2, 0.25) is 0 Å². The van der Waals surface area contributed by atoms with Gasteiger partial charge < -0.3 is 14.9 Å². The van der Waals surface area contributed by atoms with Crippen molar-refractivity contribution in [2.24, 2.45) is 0 Å². The zero-order valence-electron chi connectivity index (χ0n) is 20.6. The fourth-order valence-electron chi connectivity index (χ4n) is 4.23. The highest BCUT2D eigenvalue weighted by atomic mass is 16.3. The van der Waals surface area contributed by atoms with E-state index in [1.54, 1.807) is 23.2 Å². The van der Waals surface area contributed by atoms with Crippen LogP contribution in [0.25, 0.3) is 5.76 Å². The van der Waals surface area contributed by atoms with Gasteiger partial charge in [-0.25, -0.2) is 0 Å². The van der Waals surface area contributed by atoms with Gasteiger partial charge >= 0.3 is 0 Å². The molecule has 1 aliphatic heterocycles. The van der Waals surface area contributed by atoms with Crippen LogP contribution in [0.5, 0.6) is 0 Å². The molecule has 1 saturated heterocycles. The van der Waals surface area contributed by atoms with Crippen LogP contribution in [0.1, 0.15) is 63.0 Å². The molecule has 1 N–H and O–H groups in total. The zero-order chi connectivity index (χ0) is 24.3. The standard InChI is InChI=1S/C27H35N3O3/c1-7-29(8-2)15-16-30-23(21-11-9-10-14-28-21)22(25(32)26(30)33)24(31)20-17-19(27(4,5)6)13-12-18(20)3/h9-14,17,23,31H,7-8,15-16H2,1-6H3/b24-22+. The second kappa shape index (κ2) is 9.87. The van der Waals surface area contributed by atoms with E-state index in [4.69, 9.17) is 0 Å². The molecule has 1 atom stereocenters. The number of ketones is 1. The number of rotatable bonds is 7. The van der Waals surface area contributed by atoms with E-state index in [0.29, 0.717) is 24.3 Å². The van der Waals surface area contributed by atoms with Gasteiger partial charge in [-0.2, -0.15) is 0 Å². The van der Waals surface area contributed by atoms with Crippen molar-refractivity contribution in [3.8, 4) is 0 Å². The maximum atomic E-state index is 13.2. The maximum Gasteiger partial charge on any atom is 0.295 e. The molecule has 1 aromatic heterocycles. The Morgan fingerprint density at radius 3 is 2.39 bits per heavy atom. The van der Waals surface area contributed by atoms with Crippen molar-refractivity contribution >= 4 is 17.4 Å². The number of hydrogen-bond donors (Lipinski definition) is 1. The van der Waals surface area contributed by atoms with Gasteiger partial charge in [0.1, 0.15) is 11.8 Å². The molecular weight excluding hydrogens is 414 g/mol. The Morgan fingerprint density at radius 1 is 1.12 bits per heavy atom. The number of aliphatic hydroxyl groups excluding tert-OH is 1. The second-order valence-electron chi connectivity index (χ2n) is 9.55. The summed E-state index contributed by atoms with van der Waals surface area (Å²) < 4.78 is 0. The summed E-state index contributed by atoms with van der Waals surface area (Å²) in [4.78, 5) is 34.6. The predicted octanol–water partition coefficient (Wildman–Crippen LogP) is 4.45. The zero-order valence-corrected chi connectivity index (χ0v) is 20.6. The van der Waals surface area contributed by atoms with E-state index in [2.05, 4.69) is 44.5 Å². The first-order chi connectivity index (χ1) is 15.6. The SMILES string of the molecule is CCN(CC)CCN1C(=O)C(=O)/C(=C(/O)c2cc(C(C)(C)C)ccc2C)C1c1ccccn1. The highest BCUT2D eigenvalue weighted by molar-refractivity contribution is 6.46. The quantitative estimate of drug-likeness (QED) is 0.384. The number of likely N-dealkylation sites (tertiary alicyclic amines) is 1. The summed E-state index contributed by atoms with van der Waals surface area (Å²) in [6, 6.07) is 10.6.